The molecule has 0 fully saturated rings. The SMILES string of the molecule is COc1cc(/C=C2/C(=O)N(c3ccc(Cl)c(C(=O)O)c3)N=C2C)cc([N+](=O)[O-])c1OC(C)C. The number of carbonyl (C=O) groups is 2. The minimum absolute atomic E-state index is 0.00761. The van der Waals surface area contributed by atoms with Crippen molar-refractivity contribution in [2.24, 2.45) is 5.10 Å². The number of halogens is 1. The number of carbonyl (C=O) groups excluding carboxylic acids is 1. The highest BCUT2D eigenvalue weighted by Gasteiger charge is 2.30. The molecule has 2 aromatic carbocycles. The van der Waals surface area contributed by atoms with E-state index in [-0.39, 0.29) is 45.1 Å². The zero-order valence-corrected chi connectivity index (χ0v) is 18.9. The average Bonchev–Trinajstić information content (AvgIpc) is 3.02. The molecule has 1 heterocycles. The van der Waals surface area contributed by atoms with Gasteiger partial charge in [0, 0.05) is 6.07 Å². The number of amides is 1. The summed E-state index contributed by atoms with van der Waals surface area (Å²) in [5.41, 5.74) is 0.584. The molecule has 0 aromatic heterocycles. The summed E-state index contributed by atoms with van der Waals surface area (Å²) in [5, 5.41) is 26.2. The molecule has 0 spiro atoms. The molecule has 0 unspecified atom stereocenters. The highest BCUT2D eigenvalue weighted by molar-refractivity contribution is 6.34. The molecule has 0 bridgehead atoms. The van der Waals surface area contributed by atoms with Gasteiger partial charge in [-0.25, -0.2) is 4.79 Å². The van der Waals surface area contributed by atoms with Crippen molar-refractivity contribution in [1.82, 2.24) is 0 Å². The molecule has 0 radical (unpaired) electrons. The van der Waals surface area contributed by atoms with Gasteiger partial charge in [0.1, 0.15) is 0 Å². The fraction of sp³-hybridized carbons (Fsp3) is 0.227. The molecule has 33 heavy (non-hydrogen) atoms. The number of carboxylic acid groups (broad SMARTS) is 1. The van der Waals surface area contributed by atoms with Gasteiger partial charge in [0.25, 0.3) is 5.91 Å². The second-order valence-electron chi connectivity index (χ2n) is 7.32. The molecule has 11 heteroatoms. The van der Waals surface area contributed by atoms with Crippen LogP contribution in [0.4, 0.5) is 11.4 Å². The zero-order chi connectivity index (χ0) is 24.4. The first-order valence-electron chi connectivity index (χ1n) is 9.71. The van der Waals surface area contributed by atoms with E-state index in [1.54, 1.807) is 20.8 Å². The fourth-order valence-corrected chi connectivity index (χ4v) is 3.37. The lowest BCUT2D eigenvalue weighted by molar-refractivity contribution is -0.386. The molecular weight excluding hydrogens is 454 g/mol. The van der Waals surface area contributed by atoms with E-state index in [0.717, 1.165) is 5.01 Å². The molecule has 1 N–H and O–H groups in total. The number of hydrazone groups is 1. The summed E-state index contributed by atoms with van der Waals surface area (Å²) in [5.74, 6) is -1.64. The number of methoxy groups -OCH3 is 1. The highest BCUT2D eigenvalue weighted by atomic mass is 35.5. The number of ether oxygens (including phenoxy) is 2. The summed E-state index contributed by atoms with van der Waals surface area (Å²) in [6.45, 7) is 5.06. The molecule has 10 nitrogen and oxygen atoms in total. The minimum atomic E-state index is -1.24. The third-order valence-corrected chi connectivity index (χ3v) is 4.96. The van der Waals surface area contributed by atoms with Crippen molar-refractivity contribution in [1.29, 1.82) is 0 Å². The summed E-state index contributed by atoms with van der Waals surface area (Å²) in [7, 11) is 1.36. The van der Waals surface area contributed by atoms with Crippen LogP contribution >= 0.6 is 11.6 Å². The normalized spacial score (nSPS) is 14.6. The summed E-state index contributed by atoms with van der Waals surface area (Å²) >= 11 is 5.90. The number of rotatable bonds is 7. The Balaban J connectivity index is 2.04. The number of aromatic carboxylic acids is 1. The van der Waals surface area contributed by atoms with Crippen LogP contribution in [-0.2, 0) is 4.79 Å². The Hall–Kier alpha value is -3.92. The lowest BCUT2D eigenvalue weighted by atomic mass is 10.1. The molecular formula is C22H20ClN3O7. The lowest BCUT2D eigenvalue weighted by Crippen LogP contribution is -2.21. The van der Waals surface area contributed by atoms with Crippen LogP contribution in [0.2, 0.25) is 5.02 Å². The summed E-state index contributed by atoms with van der Waals surface area (Å²) in [4.78, 5) is 35.5. The van der Waals surface area contributed by atoms with Crippen LogP contribution in [-0.4, -0.2) is 40.8 Å². The number of nitro groups is 1. The van der Waals surface area contributed by atoms with Crippen molar-refractivity contribution in [3.05, 3.63) is 62.2 Å². The topological polar surface area (TPSA) is 132 Å². The molecule has 1 amide bonds. The van der Waals surface area contributed by atoms with Crippen LogP contribution < -0.4 is 14.5 Å². The number of anilines is 1. The summed E-state index contributed by atoms with van der Waals surface area (Å²) < 4.78 is 10.8. The molecule has 0 saturated carbocycles. The molecule has 0 aliphatic carbocycles. The summed E-state index contributed by atoms with van der Waals surface area (Å²) in [6.07, 6.45) is 1.13. The number of hydrogen-bond donors (Lipinski definition) is 1. The Morgan fingerprint density at radius 2 is 2.00 bits per heavy atom. The number of carboxylic acids is 1. The van der Waals surface area contributed by atoms with E-state index >= 15 is 0 Å². The Kier molecular flexibility index (Phi) is 6.68. The van der Waals surface area contributed by atoms with Gasteiger partial charge in [0.15, 0.2) is 5.75 Å². The largest absolute Gasteiger partial charge is 0.493 e. The van der Waals surface area contributed by atoms with Crippen molar-refractivity contribution in [3.63, 3.8) is 0 Å². The maximum absolute atomic E-state index is 13.0. The first-order valence-corrected chi connectivity index (χ1v) is 10.1. The summed E-state index contributed by atoms with van der Waals surface area (Å²) in [6, 6.07) is 6.88. The van der Waals surface area contributed by atoms with Crippen molar-refractivity contribution in [2.75, 3.05) is 12.1 Å². The van der Waals surface area contributed by atoms with Gasteiger partial charge in [0.05, 0.1) is 45.7 Å². The number of nitro benzene ring substituents is 1. The van der Waals surface area contributed by atoms with E-state index in [0.29, 0.717) is 11.3 Å². The standard InChI is InChI=1S/C22H20ClN3O7/c1-11(2)33-20-18(26(30)31)8-13(9-19(20)32-4)7-15-12(3)24-25(21(15)27)14-5-6-17(23)16(10-14)22(28)29/h5-11H,1-4H3,(H,28,29)/b15-7+. The molecule has 172 valence electrons. The van der Waals surface area contributed by atoms with Crippen LogP contribution in [0.25, 0.3) is 6.08 Å². The van der Waals surface area contributed by atoms with Crippen molar-refractivity contribution >= 4 is 46.6 Å². The molecule has 1 aliphatic heterocycles. The van der Waals surface area contributed by atoms with Crippen LogP contribution in [0.5, 0.6) is 11.5 Å². The Morgan fingerprint density at radius 3 is 2.58 bits per heavy atom. The average molecular weight is 474 g/mol. The third kappa shape index (κ3) is 4.80. The lowest BCUT2D eigenvalue weighted by Gasteiger charge is -2.14. The van der Waals surface area contributed by atoms with Gasteiger partial charge in [0.2, 0.25) is 5.75 Å². The van der Waals surface area contributed by atoms with E-state index in [4.69, 9.17) is 21.1 Å². The van der Waals surface area contributed by atoms with Crippen LogP contribution in [0.1, 0.15) is 36.7 Å². The van der Waals surface area contributed by atoms with Crippen molar-refractivity contribution in [3.8, 4) is 11.5 Å². The molecule has 0 atom stereocenters. The van der Waals surface area contributed by atoms with E-state index in [1.165, 1.54) is 43.5 Å². The monoisotopic (exact) mass is 473 g/mol. The molecule has 3 rings (SSSR count). The van der Waals surface area contributed by atoms with Gasteiger partial charge < -0.3 is 14.6 Å². The van der Waals surface area contributed by atoms with E-state index in [1.807, 2.05) is 0 Å². The second kappa shape index (κ2) is 9.29. The van der Waals surface area contributed by atoms with Crippen LogP contribution in [0.15, 0.2) is 41.0 Å². The number of benzene rings is 2. The van der Waals surface area contributed by atoms with Crippen molar-refractivity contribution in [2.45, 2.75) is 26.9 Å². The number of hydrogen-bond acceptors (Lipinski definition) is 7. The predicted octanol–water partition coefficient (Wildman–Crippen LogP) is 4.55. The van der Waals surface area contributed by atoms with E-state index < -0.39 is 16.8 Å². The smallest absolute Gasteiger partial charge is 0.337 e. The highest BCUT2D eigenvalue weighted by Crippen LogP contribution is 2.40. The fourth-order valence-electron chi connectivity index (χ4n) is 3.17. The molecule has 0 saturated heterocycles. The van der Waals surface area contributed by atoms with E-state index in [9.17, 15) is 24.8 Å². The number of nitrogens with zero attached hydrogens (tertiary/aromatic N) is 3. The Bertz CT molecular complexity index is 1220. The van der Waals surface area contributed by atoms with Gasteiger partial charge in [-0.05, 0) is 56.7 Å². The maximum Gasteiger partial charge on any atom is 0.337 e. The third-order valence-electron chi connectivity index (χ3n) is 4.63. The van der Waals surface area contributed by atoms with Crippen LogP contribution in [0, 0.1) is 10.1 Å². The molecule has 2 aromatic rings. The van der Waals surface area contributed by atoms with Gasteiger partial charge in [-0.1, -0.05) is 11.6 Å². The predicted molar refractivity (Wildman–Crippen MR) is 122 cm³/mol. The van der Waals surface area contributed by atoms with Gasteiger partial charge in [-0.3, -0.25) is 14.9 Å². The first kappa shape index (κ1) is 23.7. The first-order chi connectivity index (χ1) is 15.5. The van der Waals surface area contributed by atoms with Gasteiger partial charge in [-0.2, -0.15) is 10.1 Å². The Morgan fingerprint density at radius 1 is 1.30 bits per heavy atom. The van der Waals surface area contributed by atoms with Gasteiger partial charge >= 0.3 is 11.7 Å². The van der Waals surface area contributed by atoms with E-state index in [2.05, 4.69) is 5.10 Å². The minimum Gasteiger partial charge on any atom is -0.493 e. The van der Waals surface area contributed by atoms with Crippen molar-refractivity contribution < 1.29 is 29.1 Å². The van der Waals surface area contributed by atoms with Gasteiger partial charge in [-0.15, -0.1) is 0 Å². The molecule has 1 aliphatic rings. The zero-order valence-electron chi connectivity index (χ0n) is 18.2. The van der Waals surface area contributed by atoms with Crippen LogP contribution in [0.3, 0.4) is 0 Å². The maximum atomic E-state index is 13.0. The Labute approximate surface area is 193 Å². The quantitative estimate of drug-likeness (QED) is 0.354. The second-order valence-corrected chi connectivity index (χ2v) is 7.73.